The van der Waals surface area contributed by atoms with E-state index >= 15 is 0 Å². The minimum atomic E-state index is -0.824. The molecule has 0 bridgehead atoms. The second-order valence-electron chi connectivity index (χ2n) is 12.4. The molecule has 8 heteroatoms. The molecule has 4 aliphatic rings. The largest absolute Gasteiger partial charge is 0.394 e. The molecule has 1 aromatic rings. The molecule has 0 spiro atoms. The van der Waals surface area contributed by atoms with Gasteiger partial charge in [0.15, 0.2) is 18.9 Å². The van der Waals surface area contributed by atoms with Crippen LogP contribution >= 0.6 is 0 Å². The molecule has 0 aromatic heterocycles. The zero-order chi connectivity index (χ0) is 29.0. The van der Waals surface area contributed by atoms with Gasteiger partial charge in [0.1, 0.15) is 0 Å². The van der Waals surface area contributed by atoms with Crippen LogP contribution in [0.2, 0.25) is 0 Å². The zero-order valence-electron chi connectivity index (χ0n) is 25.1. The predicted octanol–water partition coefficient (Wildman–Crippen LogP) is 5.29. The number of rotatable bonds is 14. The molecular weight excluding hydrogens is 536 g/mol. The fourth-order valence-corrected chi connectivity index (χ4v) is 6.81. The van der Waals surface area contributed by atoms with Crippen molar-refractivity contribution in [3.8, 4) is 0 Å². The molecule has 1 aliphatic carbocycles. The highest BCUT2D eigenvalue weighted by molar-refractivity contribution is 5.15. The van der Waals surface area contributed by atoms with Crippen LogP contribution in [0.1, 0.15) is 82.6 Å². The van der Waals surface area contributed by atoms with Crippen LogP contribution in [0.5, 0.6) is 0 Å². The van der Waals surface area contributed by atoms with E-state index in [-0.39, 0.29) is 55.6 Å². The zero-order valence-corrected chi connectivity index (χ0v) is 25.1. The molecule has 3 saturated heterocycles. The molecule has 0 amide bonds. The van der Waals surface area contributed by atoms with Gasteiger partial charge in [-0.1, -0.05) is 42.5 Å². The number of aliphatic hydroxyl groups excluding tert-OH is 2. The van der Waals surface area contributed by atoms with Gasteiger partial charge >= 0.3 is 0 Å². The first-order valence-electron chi connectivity index (χ1n) is 16.5. The Kier molecular flexibility index (Phi) is 13.1. The van der Waals surface area contributed by atoms with Crippen LogP contribution in [0, 0.1) is 11.8 Å². The van der Waals surface area contributed by atoms with Crippen molar-refractivity contribution in [3.05, 3.63) is 48.0 Å². The van der Waals surface area contributed by atoms with E-state index < -0.39 is 6.10 Å². The first-order valence-corrected chi connectivity index (χ1v) is 16.5. The molecule has 3 aliphatic heterocycles. The molecule has 42 heavy (non-hydrogen) atoms. The van der Waals surface area contributed by atoms with Crippen LogP contribution in [-0.4, -0.2) is 79.9 Å². The Morgan fingerprint density at radius 3 is 2.02 bits per heavy atom. The predicted molar refractivity (Wildman–Crippen MR) is 159 cm³/mol. The van der Waals surface area contributed by atoms with Gasteiger partial charge < -0.3 is 38.6 Å². The number of ether oxygens (including phenoxy) is 6. The highest BCUT2D eigenvalue weighted by atomic mass is 16.7. The van der Waals surface area contributed by atoms with E-state index in [9.17, 15) is 10.2 Å². The summed E-state index contributed by atoms with van der Waals surface area (Å²) >= 11 is 0. The number of aryl methyl sites for hydroxylation is 1. The molecule has 2 N–H and O–H groups in total. The van der Waals surface area contributed by atoms with Crippen molar-refractivity contribution < 1.29 is 38.6 Å². The summed E-state index contributed by atoms with van der Waals surface area (Å²) in [7, 11) is 0. The first kappa shape index (κ1) is 32.0. The van der Waals surface area contributed by atoms with Gasteiger partial charge in [0.25, 0.3) is 0 Å². The Hall–Kier alpha value is -1.36. The third kappa shape index (κ3) is 9.83. The third-order valence-electron chi connectivity index (χ3n) is 9.12. The molecule has 1 saturated carbocycles. The number of aliphatic hydroxyl groups is 2. The lowest BCUT2D eigenvalue weighted by atomic mass is 9.87. The summed E-state index contributed by atoms with van der Waals surface area (Å²) in [5, 5.41) is 20.4. The van der Waals surface area contributed by atoms with Gasteiger partial charge in [0.2, 0.25) is 0 Å². The maximum absolute atomic E-state index is 10.6. The standard InChI is InChI=1S/C34H52O8/c35-24-26(36)22-29-28(18-17-27(40-32-12-4-7-19-37-32)16-15-25-10-2-1-3-11-25)30(41-33-13-5-8-20-38-33)23-31(29)42-34-14-6-9-21-39-34/h1-3,10-11,17-18,26-36H,4-9,12-16,19-24H2/t26?,27-,28+,29+,30+,31-,32?,33?,34?/m0/s1. The third-order valence-corrected chi connectivity index (χ3v) is 9.12. The van der Waals surface area contributed by atoms with Crippen molar-refractivity contribution in [2.24, 2.45) is 11.8 Å². The molecule has 4 unspecified atom stereocenters. The van der Waals surface area contributed by atoms with Crippen LogP contribution in [0.4, 0.5) is 0 Å². The van der Waals surface area contributed by atoms with E-state index in [0.29, 0.717) is 19.4 Å². The van der Waals surface area contributed by atoms with Crippen LogP contribution in [0.3, 0.4) is 0 Å². The van der Waals surface area contributed by atoms with Gasteiger partial charge in [-0.15, -0.1) is 0 Å². The number of hydrogen-bond acceptors (Lipinski definition) is 8. The van der Waals surface area contributed by atoms with Crippen molar-refractivity contribution >= 4 is 0 Å². The highest BCUT2D eigenvalue weighted by Gasteiger charge is 2.46. The lowest BCUT2D eigenvalue weighted by Crippen LogP contribution is -2.34. The Morgan fingerprint density at radius 2 is 1.43 bits per heavy atom. The summed E-state index contributed by atoms with van der Waals surface area (Å²) < 4.78 is 37.6. The molecule has 0 radical (unpaired) electrons. The molecule has 5 rings (SSSR count). The first-order chi connectivity index (χ1) is 20.7. The summed E-state index contributed by atoms with van der Waals surface area (Å²) in [5.74, 6) is -0.0661. The fraction of sp³-hybridized carbons (Fsp3) is 0.765. The molecule has 9 atom stereocenters. The van der Waals surface area contributed by atoms with E-state index in [1.54, 1.807) is 0 Å². The molecule has 4 fully saturated rings. The minimum absolute atomic E-state index is 0.0274. The minimum Gasteiger partial charge on any atom is -0.394 e. The average Bonchev–Trinajstić information content (AvgIpc) is 3.34. The lowest BCUT2D eigenvalue weighted by Gasteiger charge is -2.31. The Labute approximate surface area is 251 Å². The Bertz CT molecular complexity index is 894. The van der Waals surface area contributed by atoms with E-state index in [1.165, 1.54) is 5.56 Å². The number of benzene rings is 1. The SMILES string of the molecule is OCC(O)C[C@@H]1[C@@H](C=C[C@H](CCc2ccccc2)OC2CCCCO2)[C@H](OC2CCCCO2)C[C@@H]1OC1CCCCO1. The maximum atomic E-state index is 10.6. The second kappa shape index (κ2) is 17.2. The van der Waals surface area contributed by atoms with Crippen molar-refractivity contribution in [2.45, 2.75) is 127 Å². The van der Waals surface area contributed by atoms with Gasteiger partial charge in [0.05, 0.1) is 31.0 Å². The molecule has 236 valence electrons. The van der Waals surface area contributed by atoms with Crippen molar-refractivity contribution in [3.63, 3.8) is 0 Å². The maximum Gasteiger partial charge on any atom is 0.158 e. The second-order valence-corrected chi connectivity index (χ2v) is 12.4. The van der Waals surface area contributed by atoms with Crippen molar-refractivity contribution in [1.29, 1.82) is 0 Å². The molecule has 1 aromatic carbocycles. The van der Waals surface area contributed by atoms with Gasteiger partial charge in [-0.2, -0.15) is 0 Å². The van der Waals surface area contributed by atoms with Gasteiger partial charge in [-0.05, 0) is 88.5 Å². The summed E-state index contributed by atoms with van der Waals surface area (Å²) in [6.07, 6.45) is 14.6. The molecule has 8 nitrogen and oxygen atoms in total. The fourth-order valence-electron chi connectivity index (χ4n) is 6.81. The van der Waals surface area contributed by atoms with E-state index in [2.05, 4.69) is 36.4 Å². The van der Waals surface area contributed by atoms with Gasteiger partial charge in [-0.25, -0.2) is 0 Å². The van der Waals surface area contributed by atoms with Crippen LogP contribution in [0.25, 0.3) is 0 Å². The summed E-state index contributed by atoms with van der Waals surface area (Å²) in [6, 6.07) is 10.5. The van der Waals surface area contributed by atoms with E-state index in [0.717, 1.165) is 83.8 Å². The Balaban J connectivity index is 1.35. The van der Waals surface area contributed by atoms with Gasteiger partial charge in [-0.3, -0.25) is 0 Å². The monoisotopic (exact) mass is 588 g/mol. The highest BCUT2D eigenvalue weighted by Crippen LogP contribution is 2.42. The van der Waals surface area contributed by atoms with E-state index in [1.807, 2.05) is 6.07 Å². The summed E-state index contributed by atoms with van der Waals surface area (Å²) in [6.45, 7) is 1.89. The molecular formula is C34H52O8. The average molecular weight is 589 g/mol. The lowest BCUT2D eigenvalue weighted by molar-refractivity contribution is -0.204. The van der Waals surface area contributed by atoms with Crippen molar-refractivity contribution in [1.82, 2.24) is 0 Å². The smallest absolute Gasteiger partial charge is 0.158 e. The topological polar surface area (TPSA) is 95.8 Å². The van der Waals surface area contributed by atoms with Crippen LogP contribution < -0.4 is 0 Å². The van der Waals surface area contributed by atoms with Crippen LogP contribution in [-0.2, 0) is 34.8 Å². The summed E-state index contributed by atoms with van der Waals surface area (Å²) in [4.78, 5) is 0. The van der Waals surface area contributed by atoms with Gasteiger partial charge in [0, 0.05) is 32.2 Å². The Morgan fingerprint density at radius 1 is 0.810 bits per heavy atom. The van der Waals surface area contributed by atoms with Crippen LogP contribution in [0.15, 0.2) is 42.5 Å². The van der Waals surface area contributed by atoms with E-state index in [4.69, 9.17) is 28.4 Å². The van der Waals surface area contributed by atoms with Crippen molar-refractivity contribution in [2.75, 3.05) is 26.4 Å². The molecule has 3 heterocycles. The summed E-state index contributed by atoms with van der Waals surface area (Å²) in [5.41, 5.74) is 1.28. The quantitative estimate of drug-likeness (QED) is 0.283. The normalized spacial score (nSPS) is 34.0. The number of hydrogen-bond donors (Lipinski definition) is 2.